The van der Waals surface area contributed by atoms with Gasteiger partial charge in [0.25, 0.3) is 17.4 Å². The maximum Gasteiger partial charge on any atom is 0.338 e. The summed E-state index contributed by atoms with van der Waals surface area (Å²) < 4.78 is 7.18. The van der Waals surface area contributed by atoms with Gasteiger partial charge in [-0.1, -0.05) is 26.0 Å². The summed E-state index contributed by atoms with van der Waals surface area (Å²) in [6, 6.07) is 17.5. The van der Waals surface area contributed by atoms with Gasteiger partial charge in [0.15, 0.2) is 0 Å². The number of benzene rings is 4. The number of imidazole rings is 1. The quantitative estimate of drug-likeness (QED) is 0.189. The van der Waals surface area contributed by atoms with Gasteiger partial charge in [-0.15, -0.1) is 0 Å². The number of hydrogen-bond donors (Lipinski definition) is 0. The summed E-state index contributed by atoms with van der Waals surface area (Å²) in [7, 11) is 0. The van der Waals surface area contributed by atoms with Gasteiger partial charge >= 0.3 is 5.97 Å². The van der Waals surface area contributed by atoms with E-state index < -0.39 is 17.8 Å². The highest BCUT2D eigenvalue weighted by Gasteiger charge is 2.37. The molecule has 1 atom stereocenters. The summed E-state index contributed by atoms with van der Waals surface area (Å²) >= 11 is 0. The molecule has 7 rings (SSSR count). The van der Waals surface area contributed by atoms with Crippen molar-refractivity contribution in [1.82, 2.24) is 9.38 Å². The number of nitrogens with zero attached hydrogens (tertiary/aromatic N) is 3. The molecular weight excluding hydrogens is 530 g/mol. The van der Waals surface area contributed by atoms with Crippen LogP contribution in [0.3, 0.4) is 0 Å². The molecule has 8 heteroatoms. The maximum atomic E-state index is 14.1. The molecule has 0 fully saturated rings. The van der Waals surface area contributed by atoms with E-state index >= 15 is 0 Å². The summed E-state index contributed by atoms with van der Waals surface area (Å²) in [5, 5.41) is 2.13. The summed E-state index contributed by atoms with van der Waals surface area (Å²) in [4.78, 5) is 60.6. The second-order valence-electron chi connectivity index (χ2n) is 11.4. The van der Waals surface area contributed by atoms with Crippen molar-refractivity contribution in [3.63, 3.8) is 0 Å². The molecule has 3 heterocycles. The Morgan fingerprint density at radius 2 is 1.43 bits per heavy atom. The van der Waals surface area contributed by atoms with Crippen LogP contribution < -0.4 is 10.5 Å². The Hall–Kier alpha value is -5.11. The second kappa shape index (κ2) is 8.94. The van der Waals surface area contributed by atoms with Crippen LogP contribution in [0.25, 0.3) is 38.2 Å². The number of aromatic nitrogens is 2. The van der Waals surface area contributed by atoms with Crippen molar-refractivity contribution < 1.29 is 19.1 Å². The number of pyridine rings is 1. The normalized spacial score (nSPS) is 14.2. The van der Waals surface area contributed by atoms with E-state index in [1.54, 1.807) is 54.6 Å². The summed E-state index contributed by atoms with van der Waals surface area (Å²) in [6.07, 6.45) is -0.259. The Balaban J connectivity index is 1.40. The summed E-state index contributed by atoms with van der Waals surface area (Å²) in [5.41, 5.74) is 4.26. The third-order valence-corrected chi connectivity index (χ3v) is 8.45. The van der Waals surface area contributed by atoms with Crippen LogP contribution in [0.2, 0.25) is 0 Å². The van der Waals surface area contributed by atoms with E-state index in [1.807, 2.05) is 45.0 Å². The van der Waals surface area contributed by atoms with E-state index in [2.05, 4.69) is 0 Å². The molecule has 6 aromatic rings. The standard InChI is InChI=1S/C34H27N3O5/c1-16(2)19(5)42-34(41)20-14-17(3)29(18(4)15-20)37-32(39)23-11-10-21-27-22(12-13-24(28(23)27)33(37)40)31(38)36-26-9-7-6-8-25(26)35-30(21)36/h6-16,19H,1-5H3. The molecule has 2 aromatic heterocycles. The molecular formula is C34H27N3O5. The van der Waals surface area contributed by atoms with Crippen LogP contribution in [0, 0.1) is 19.8 Å². The molecule has 0 spiro atoms. The largest absolute Gasteiger partial charge is 0.459 e. The van der Waals surface area contributed by atoms with Gasteiger partial charge in [-0.05, 0) is 86.3 Å². The minimum atomic E-state index is -0.488. The molecule has 1 aliphatic rings. The lowest BCUT2D eigenvalue weighted by Crippen LogP contribution is -2.41. The van der Waals surface area contributed by atoms with Gasteiger partial charge in [-0.3, -0.25) is 18.8 Å². The number of ether oxygens (including phenoxy) is 1. The molecule has 1 aliphatic heterocycles. The van der Waals surface area contributed by atoms with Crippen molar-refractivity contribution in [2.45, 2.75) is 40.7 Å². The number of rotatable bonds is 4. The summed E-state index contributed by atoms with van der Waals surface area (Å²) in [5.74, 6) is -1.27. The molecule has 1 unspecified atom stereocenters. The van der Waals surface area contributed by atoms with Crippen LogP contribution in [-0.2, 0) is 4.74 Å². The fraction of sp³-hybridized carbons (Fsp3) is 0.206. The van der Waals surface area contributed by atoms with E-state index in [0.29, 0.717) is 71.7 Å². The van der Waals surface area contributed by atoms with Crippen LogP contribution in [0.15, 0.2) is 65.5 Å². The lowest BCUT2D eigenvalue weighted by atomic mass is 9.89. The number of amides is 2. The first-order valence-corrected chi connectivity index (χ1v) is 13.9. The highest BCUT2D eigenvalue weighted by Crippen LogP contribution is 2.40. The van der Waals surface area contributed by atoms with Gasteiger partial charge in [0.1, 0.15) is 11.8 Å². The van der Waals surface area contributed by atoms with Crippen molar-refractivity contribution in [3.8, 4) is 0 Å². The molecule has 8 nitrogen and oxygen atoms in total. The van der Waals surface area contributed by atoms with Gasteiger partial charge < -0.3 is 4.74 Å². The molecule has 208 valence electrons. The second-order valence-corrected chi connectivity index (χ2v) is 11.4. The molecule has 0 saturated heterocycles. The lowest BCUT2D eigenvalue weighted by molar-refractivity contribution is 0.0237. The third-order valence-electron chi connectivity index (χ3n) is 8.45. The number of aryl methyl sites for hydroxylation is 2. The fourth-order valence-electron chi connectivity index (χ4n) is 6.08. The monoisotopic (exact) mass is 557 g/mol. The highest BCUT2D eigenvalue weighted by atomic mass is 16.5. The Kier molecular flexibility index (Phi) is 5.50. The summed E-state index contributed by atoms with van der Waals surface area (Å²) in [6.45, 7) is 9.34. The fourth-order valence-corrected chi connectivity index (χ4v) is 6.08. The van der Waals surface area contributed by atoms with Crippen LogP contribution >= 0.6 is 0 Å². The van der Waals surface area contributed by atoms with Crippen LogP contribution in [0.4, 0.5) is 5.69 Å². The first-order valence-electron chi connectivity index (χ1n) is 13.9. The average Bonchev–Trinajstić information content (AvgIpc) is 3.36. The van der Waals surface area contributed by atoms with E-state index in [0.717, 1.165) is 0 Å². The molecule has 0 aliphatic carbocycles. The topological polar surface area (TPSA) is 98.1 Å². The number of esters is 1. The zero-order chi connectivity index (χ0) is 29.6. The molecule has 4 aromatic carbocycles. The maximum absolute atomic E-state index is 14.1. The van der Waals surface area contributed by atoms with Crippen molar-refractivity contribution >= 4 is 61.7 Å². The van der Waals surface area contributed by atoms with Crippen molar-refractivity contribution in [2.24, 2.45) is 5.92 Å². The van der Waals surface area contributed by atoms with E-state index in [4.69, 9.17) is 9.72 Å². The van der Waals surface area contributed by atoms with E-state index in [1.165, 1.54) is 4.90 Å². The number of carbonyl (C=O) groups is 3. The minimum absolute atomic E-state index is 0.164. The zero-order valence-corrected chi connectivity index (χ0v) is 23.8. The number of hydrogen-bond acceptors (Lipinski definition) is 6. The predicted molar refractivity (Wildman–Crippen MR) is 162 cm³/mol. The molecule has 0 radical (unpaired) electrons. The average molecular weight is 558 g/mol. The zero-order valence-electron chi connectivity index (χ0n) is 23.8. The van der Waals surface area contributed by atoms with Crippen LogP contribution in [0.1, 0.15) is 63.0 Å². The van der Waals surface area contributed by atoms with E-state index in [-0.39, 0.29) is 17.6 Å². The van der Waals surface area contributed by atoms with Crippen molar-refractivity contribution in [1.29, 1.82) is 0 Å². The van der Waals surface area contributed by atoms with Gasteiger partial charge in [0.2, 0.25) is 0 Å². The van der Waals surface area contributed by atoms with Crippen LogP contribution in [0.5, 0.6) is 0 Å². The van der Waals surface area contributed by atoms with Crippen LogP contribution in [-0.4, -0.2) is 33.3 Å². The Morgan fingerprint density at radius 3 is 2.07 bits per heavy atom. The molecule has 2 amide bonds. The minimum Gasteiger partial charge on any atom is -0.459 e. The van der Waals surface area contributed by atoms with Crippen molar-refractivity contribution in [3.05, 3.63) is 98.8 Å². The number of imide groups is 1. The Labute approximate surface area is 240 Å². The predicted octanol–water partition coefficient (Wildman–Crippen LogP) is 6.21. The smallest absolute Gasteiger partial charge is 0.338 e. The third kappa shape index (κ3) is 3.44. The lowest BCUT2D eigenvalue weighted by Gasteiger charge is -2.30. The van der Waals surface area contributed by atoms with E-state index in [9.17, 15) is 19.2 Å². The number of fused-ring (bicyclic) bond motifs is 4. The molecule has 42 heavy (non-hydrogen) atoms. The van der Waals surface area contributed by atoms with Gasteiger partial charge in [-0.2, -0.15) is 0 Å². The van der Waals surface area contributed by atoms with Gasteiger partial charge in [-0.25, -0.2) is 14.7 Å². The number of carbonyl (C=O) groups excluding carboxylic acids is 3. The Bertz CT molecular complexity index is 2180. The molecule has 0 saturated carbocycles. The Morgan fingerprint density at radius 1 is 0.810 bits per heavy atom. The SMILES string of the molecule is Cc1cc(C(=O)OC(C)C(C)C)cc(C)c1N1C(=O)c2ccc3c(=O)n4c5ccccc5nc4c4ccc(c2c34)C1=O. The first-order chi connectivity index (χ1) is 20.1. The van der Waals surface area contributed by atoms with Crippen molar-refractivity contribution in [2.75, 3.05) is 4.90 Å². The van der Waals surface area contributed by atoms with Gasteiger partial charge in [0, 0.05) is 32.7 Å². The highest BCUT2D eigenvalue weighted by molar-refractivity contribution is 6.39. The first kappa shape index (κ1) is 25.8. The van der Waals surface area contributed by atoms with Gasteiger partial charge in [0.05, 0.1) is 22.3 Å². The number of anilines is 1. The number of para-hydroxylation sites is 2. The molecule has 0 bridgehead atoms. The molecule has 0 N–H and O–H groups in total.